The molecule has 27 heavy (non-hydrogen) atoms. The van der Waals surface area contributed by atoms with Gasteiger partial charge in [0.1, 0.15) is 5.82 Å². The molecule has 142 valence electrons. The van der Waals surface area contributed by atoms with Crippen LogP contribution < -0.4 is 0 Å². The molecular formula is C22H24FNO3. The molecule has 1 fully saturated rings. The Balaban J connectivity index is 1.66. The zero-order valence-corrected chi connectivity index (χ0v) is 15.3. The van der Waals surface area contributed by atoms with E-state index in [4.69, 9.17) is 0 Å². The van der Waals surface area contributed by atoms with Crippen molar-refractivity contribution >= 4 is 11.9 Å². The number of aryl methyl sites for hydroxylation is 1. The standard InChI is InChI=1S/C22H24FNO3/c1-15(11-12-17-9-5-6-10-20(17)23)21(25)24-13-18(19(14-24)22(26)27)16-7-3-2-4-8-16/h2-10,15,18-19H,11-14H2,1H3,(H,26,27)/t15?,18-,19-/m0/s1. The highest BCUT2D eigenvalue weighted by molar-refractivity contribution is 5.81. The third-order valence-corrected chi connectivity index (χ3v) is 5.40. The number of amides is 1. The minimum Gasteiger partial charge on any atom is -0.481 e. The summed E-state index contributed by atoms with van der Waals surface area (Å²) >= 11 is 0. The maximum atomic E-state index is 13.8. The van der Waals surface area contributed by atoms with E-state index in [9.17, 15) is 19.1 Å². The first-order valence-electron chi connectivity index (χ1n) is 9.27. The van der Waals surface area contributed by atoms with E-state index < -0.39 is 11.9 Å². The number of likely N-dealkylation sites (tertiary alicyclic amines) is 1. The number of hydrogen-bond acceptors (Lipinski definition) is 2. The monoisotopic (exact) mass is 369 g/mol. The number of nitrogens with zero attached hydrogens (tertiary/aromatic N) is 1. The molecule has 0 bridgehead atoms. The Morgan fingerprint density at radius 1 is 1.11 bits per heavy atom. The van der Waals surface area contributed by atoms with E-state index in [1.165, 1.54) is 6.07 Å². The molecule has 1 N–H and O–H groups in total. The zero-order valence-electron chi connectivity index (χ0n) is 15.3. The molecule has 1 amide bonds. The molecule has 1 unspecified atom stereocenters. The Kier molecular flexibility index (Phi) is 5.89. The van der Waals surface area contributed by atoms with Crippen molar-refractivity contribution in [1.29, 1.82) is 0 Å². The van der Waals surface area contributed by atoms with E-state index in [1.54, 1.807) is 23.1 Å². The van der Waals surface area contributed by atoms with E-state index in [0.717, 1.165) is 5.56 Å². The van der Waals surface area contributed by atoms with Crippen LogP contribution in [0, 0.1) is 17.7 Å². The number of halogens is 1. The summed E-state index contributed by atoms with van der Waals surface area (Å²) in [7, 11) is 0. The Labute approximate surface area is 158 Å². The Hall–Kier alpha value is -2.69. The molecule has 0 aliphatic carbocycles. The van der Waals surface area contributed by atoms with Crippen molar-refractivity contribution in [3.63, 3.8) is 0 Å². The lowest BCUT2D eigenvalue weighted by molar-refractivity contribution is -0.142. The molecule has 2 aromatic rings. The quantitative estimate of drug-likeness (QED) is 0.844. The van der Waals surface area contributed by atoms with E-state index >= 15 is 0 Å². The van der Waals surface area contributed by atoms with Crippen molar-refractivity contribution in [1.82, 2.24) is 4.90 Å². The lowest BCUT2D eigenvalue weighted by atomic mass is 9.89. The predicted molar refractivity (Wildman–Crippen MR) is 101 cm³/mol. The fraction of sp³-hybridized carbons (Fsp3) is 0.364. The van der Waals surface area contributed by atoms with Gasteiger partial charge in [0, 0.05) is 24.9 Å². The minimum absolute atomic E-state index is 0.0592. The van der Waals surface area contributed by atoms with Gasteiger partial charge in [-0.05, 0) is 30.0 Å². The number of carbonyl (C=O) groups is 2. The van der Waals surface area contributed by atoms with Gasteiger partial charge in [0.25, 0.3) is 0 Å². The first-order chi connectivity index (χ1) is 13.0. The third-order valence-electron chi connectivity index (χ3n) is 5.40. The van der Waals surface area contributed by atoms with E-state index in [0.29, 0.717) is 24.9 Å². The number of carbonyl (C=O) groups excluding carboxylic acids is 1. The van der Waals surface area contributed by atoms with Crippen molar-refractivity contribution in [2.24, 2.45) is 11.8 Å². The van der Waals surface area contributed by atoms with E-state index in [1.807, 2.05) is 37.3 Å². The second kappa shape index (κ2) is 8.33. The van der Waals surface area contributed by atoms with Crippen LogP contribution in [-0.4, -0.2) is 35.0 Å². The van der Waals surface area contributed by atoms with Gasteiger partial charge in [0.15, 0.2) is 0 Å². The van der Waals surface area contributed by atoms with Crippen molar-refractivity contribution in [3.8, 4) is 0 Å². The first kappa shape index (κ1) is 19.1. The van der Waals surface area contributed by atoms with Crippen molar-refractivity contribution in [3.05, 3.63) is 71.5 Å². The predicted octanol–water partition coefficient (Wildman–Crippen LogP) is 3.72. The summed E-state index contributed by atoms with van der Waals surface area (Å²) in [6, 6.07) is 16.1. The zero-order chi connectivity index (χ0) is 19.4. The van der Waals surface area contributed by atoms with Gasteiger partial charge in [0.05, 0.1) is 5.92 Å². The topological polar surface area (TPSA) is 57.6 Å². The fourth-order valence-corrected chi connectivity index (χ4v) is 3.78. The number of carboxylic acids is 1. The van der Waals surface area contributed by atoms with Crippen LogP contribution in [0.15, 0.2) is 54.6 Å². The molecule has 1 aliphatic heterocycles. The van der Waals surface area contributed by atoms with Gasteiger partial charge in [-0.15, -0.1) is 0 Å². The van der Waals surface area contributed by atoms with Crippen LogP contribution in [0.3, 0.4) is 0 Å². The van der Waals surface area contributed by atoms with Gasteiger partial charge in [-0.25, -0.2) is 4.39 Å². The molecule has 0 radical (unpaired) electrons. The van der Waals surface area contributed by atoms with Crippen molar-refractivity contribution in [2.45, 2.75) is 25.7 Å². The first-order valence-corrected chi connectivity index (χ1v) is 9.27. The Morgan fingerprint density at radius 2 is 1.78 bits per heavy atom. The molecule has 0 spiro atoms. The molecule has 3 rings (SSSR count). The number of carboxylic acid groups (broad SMARTS) is 1. The highest BCUT2D eigenvalue weighted by Gasteiger charge is 2.41. The number of aliphatic carboxylic acids is 1. The molecule has 1 heterocycles. The van der Waals surface area contributed by atoms with Crippen LogP contribution in [0.4, 0.5) is 4.39 Å². The van der Waals surface area contributed by atoms with E-state index in [2.05, 4.69) is 0 Å². The molecule has 5 heteroatoms. The number of rotatable bonds is 6. The van der Waals surface area contributed by atoms with Gasteiger partial charge in [-0.3, -0.25) is 9.59 Å². The second-order valence-corrected chi connectivity index (χ2v) is 7.24. The Bertz CT molecular complexity index is 808. The van der Waals surface area contributed by atoms with Crippen molar-refractivity contribution < 1.29 is 19.1 Å². The summed E-state index contributed by atoms with van der Waals surface area (Å²) in [5, 5.41) is 9.59. The minimum atomic E-state index is -0.877. The Morgan fingerprint density at radius 3 is 2.44 bits per heavy atom. The summed E-state index contributed by atoms with van der Waals surface area (Å²) < 4.78 is 13.8. The fourth-order valence-electron chi connectivity index (χ4n) is 3.78. The molecule has 1 saturated heterocycles. The van der Waals surface area contributed by atoms with Gasteiger partial charge >= 0.3 is 5.97 Å². The molecule has 2 aromatic carbocycles. The van der Waals surface area contributed by atoms with Gasteiger partial charge in [-0.1, -0.05) is 55.5 Å². The average Bonchev–Trinajstić information content (AvgIpc) is 3.13. The van der Waals surface area contributed by atoms with Gasteiger partial charge < -0.3 is 10.0 Å². The van der Waals surface area contributed by atoms with Crippen LogP contribution in [0.1, 0.15) is 30.4 Å². The molecule has 4 nitrogen and oxygen atoms in total. The summed E-state index contributed by atoms with van der Waals surface area (Å²) in [5.74, 6) is -2.28. The molecule has 1 aliphatic rings. The second-order valence-electron chi connectivity index (χ2n) is 7.24. The highest BCUT2D eigenvalue weighted by atomic mass is 19.1. The average molecular weight is 369 g/mol. The van der Waals surface area contributed by atoms with Gasteiger partial charge in [0.2, 0.25) is 5.91 Å². The highest BCUT2D eigenvalue weighted by Crippen LogP contribution is 2.34. The molecule has 0 aromatic heterocycles. The van der Waals surface area contributed by atoms with Crippen molar-refractivity contribution in [2.75, 3.05) is 13.1 Å². The van der Waals surface area contributed by atoms with Gasteiger partial charge in [-0.2, -0.15) is 0 Å². The lowest BCUT2D eigenvalue weighted by Gasteiger charge is -2.21. The molecule has 3 atom stereocenters. The van der Waals surface area contributed by atoms with Crippen LogP contribution in [0.2, 0.25) is 0 Å². The number of hydrogen-bond donors (Lipinski definition) is 1. The molecular weight excluding hydrogens is 345 g/mol. The summed E-state index contributed by atoms with van der Waals surface area (Å²) in [6.07, 6.45) is 1.02. The SMILES string of the molecule is CC(CCc1ccccc1F)C(=O)N1C[C@H](C(=O)O)[C@H](c2ccccc2)C1. The largest absolute Gasteiger partial charge is 0.481 e. The smallest absolute Gasteiger partial charge is 0.308 e. The normalized spacial score (nSPS) is 20.4. The van der Waals surface area contributed by atoms with Crippen LogP contribution in [-0.2, 0) is 16.0 Å². The summed E-state index contributed by atoms with van der Waals surface area (Å²) in [6.45, 7) is 2.45. The maximum absolute atomic E-state index is 13.8. The van der Waals surface area contributed by atoms with Crippen LogP contribution in [0.5, 0.6) is 0 Å². The maximum Gasteiger partial charge on any atom is 0.308 e. The summed E-state index contributed by atoms with van der Waals surface area (Å²) in [5.41, 5.74) is 1.54. The van der Waals surface area contributed by atoms with E-state index in [-0.39, 0.29) is 30.1 Å². The lowest BCUT2D eigenvalue weighted by Crippen LogP contribution is -2.34. The summed E-state index contributed by atoms with van der Waals surface area (Å²) in [4.78, 5) is 26.2. The molecule has 0 saturated carbocycles. The van der Waals surface area contributed by atoms with Crippen LogP contribution in [0.25, 0.3) is 0 Å². The third kappa shape index (κ3) is 4.35. The van der Waals surface area contributed by atoms with Crippen LogP contribution >= 0.6 is 0 Å². The number of benzene rings is 2.